The Kier molecular flexibility index (Phi) is 25.1. The zero-order valence-corrected chi connectivity index (χ0v) is 56.7. The number of carboxylic acids is 1. The van der Waals surface area contributed by atoms with Gasteiger partial charge >= 0.3 is 18.0 Å². The van der Waals surface area contributed by atoms with Crippen molar-refractivity contribution >= 4 is 65.1 Å². The van der Waals surface area contributed by atoms with Crippen molar-refractivity contribution in [2.75, 3.05) is 24.7 Å². The van der Waals surface area contributed by atoms with Gasteiger partial charge in [0.1, 0.15) is 35.6 Å². The highest BCUT2D eigenvalue weighted by Crippen LogP contribution is 2.51. The lowest BCUT2D eigenvalue weighted by atomic mass is 9.75. The van der Waals surface area contributed by atoms with E-state index >= 15 is 0 Å². The summed E-state index contributed by atoms with van der Waals surface area (Å²) in [4.78, 5) is 92.6. The first-order valence-electron chi connectivity index (χ1n) is 32.7. The molecule has 8 aromatic carbocycles. The van der Waals surface area contributed by atoms with Crippen LogP contribution < -0.4 is 21.3 Å². The Morgan fingerprint density at radius 1 is 0.577 bits per heavy atom. The van der Waals surface area contributed by atoms with Gasteiger partial charge in [-0.3, -0.25) is 28.8 Å². The molecule has 6 N–H and O–H groups in total. The van der Waals surface area contributed by atoms with Crippen LogP contribution in [0, 0.1) is 0 Å². The first-order chi connectivity index (χ1) is 46.8. The molecule has 0 aromatic heterocycles. The number of carbonyl (C=O) groups is 7. The molecule has 17 heteroatoms. The fraction of sp³-hybridized carbons (Fsp3) is 0.287. The Morgan fingerprint density at radius 3 is 1.42 bits per heavy atom. The van der Waals surface area contributed by atoms with Gasteiger partial charge in [-0.25, -0.2) is 4.79 Å². The van der Waals surface area contributed by atoms with E-state index in [0.717, 1.165) is 51.1 Å². The number of aliphatic hydroxyl groups excluding tert-OH is 1. The number of aliphatic hydroxyl groups is 1. The summed E-state index contributed by atoms with van der Waals surface area (Å²) in [7, 11) is 0. The van der Waals surface area contributed by atoms with Crippen molar-refractivity contribution in [2.24, 2.45) is 0 Å². The highest BCUT2D eigenvalue weighted by Gasteiger charge is 2.48. The molecule has 0 unspecified atom stereocenters. The third-order valence-electron chi connectivity index (χ3n) is 17.0. The van der Waals surface area contributed by atoms with Gasteiger partial charge in [0.25, 0.3) is 0 Å². The quantitative estimate of drug-likeness (QED) is 0.0111. The highest BCUT2D eigenvalue weighted by atomic mass is 32.2. The lowest BCUT2D eigenvalue weighted by Crippen LogP contribution is -2.66. The topological polar surface area (TPSA) is 227 Å². The molecule has 502 valence electrons. The zero-order chi connectivity index (χ0) is 68.8. The summed E-state index contributed by atoms with van der Waals surface area (Å²) in [5.41, 5.74) is 8.44. The SMILES string of the molecule is CC(=O)CNC(=O)C1(NC(=O)[C@@H](CSC(c2ccccc2)(c2ccccc2)c2ccccc2)NC(=O)[C@@H](CCC(=O)OC(C)(C)C)NC(=O)OCC2c3ccccc3-c3ccccc32)CCC1.O=C(O)C[C@H](O)/C=C/CCSC(c1ccccc1)(c1ccccc1)c1ccccc1. The van der Waals surface area contributed by atoms with Crippen LogP contribution in [0.2, 0.25) is 0 Å². The average Bonchev–Trinajstić information content (AvgIpc) is 1.49. The Morgan fingerprint density at radius 2 is 1.01 bits per heavy atom. The number of alkyl carbamates (subject to hydrolysis) is 1. The largest absolute Gasteiger partial charge is 0.481 e. The number of aliphatic carboxylic acids is 1. The molecular weight excluding hydrogens is 1260 g/mol. The van der Waals surface area contributed by atoms with E-state index in [2.05, 4.69) is 94.1 Å². The molecule has 2 aliphatic carbocycles. The van der Waals surface area contributed by atoms with E-state index in [9.17, 15) is 38.7 Å². The molecule has 1 saturated carbocycles. The highest BCUT2D eigenvalue weighted by molar-refractivity contribution is 8.01. The fourth-order valence-corrected chi connectivity index (χ4v) is 15.4. The van der Waals surface area contributed by atoms with Gasteiger partial charge in [-0.15, -0.1) is 23.5 Å². The summed E-state index contributed by atoms with van der Waals surface area (Å²) < 4.78 is 10.2. The van der Waals surface area contributed by atoms with Crippen LogP contribution in [0.25, 0.3) is 11.1 Å². The van der Waals surface area contributed by atoms with Crippen LogP contribution in [0.1, 0.15) is 123 Å². The third kappa shape index (κ3) is 18.5. The minimum Gasteiger partial charge on any atom is -0.481 e. The van der Waals surface area contributed by atoms with E-state index in [1.54, 1.807) is 26.8 Å². The van der Waals surface area contributed by atoms with Crippen molar-refractivity contribution in [3.05, 3.63) is 287 Å². The van der Waals surface area contributed by atoms with E-state index < -0.39 is 69.8 Å². The predicted molar refractivity (Wildman–Crippen MR) is 383 cm³/mol. The van der Waals surface area contributed by atoms with Gasteiger partial charge in [-0.05, 0) is 121 Å². The second-order valence-corrected chi connectivity index (χ2v) is 27.7. The first-order valence-corrected chi connectivity index (χ1v) is 34.7. The normalized spacial score (nSPS) is 14.1. The average molecular weight is 1340 g/mol. The van der Waals surface area contributed by atoms with Gasteiger partial charge in [0.05, 0.1) is 28.6 Å². The number of nitrogens with one attached hydrogen (secondary N) is 4. The van der Waals surface area contributed by atoms with Crippen LogP contribution in [0.5, 0.6) is 0 Å². The number of allylic oxidation sites excluding steroid dienone is 1. The molecule has 0 saturated heterocycles. The van der Waals surface area contributed by atoms with Crippen LogP contribution in [-0.2, 0) is 47.7 Å². The molecule has 15 nitrogen and oxygen atoms in total. The number of thioether (sulfide) groups is 2. The number of carboxylic acid groups (broad SMARTS) is 1. The molecule has 10 rings (SSSR count). The van der Waals surface area contributed by atoms with E-state index in [0.29, 0.717) is 19.3 Å². The Balaban J connectivity index is 0.000000306. The molecular formula is C80H84N4O11S2. The third-order valence-corrected chi connectivity index (χ3v) is 20.3. The molecule has 0 heterocycles. The number of rotatable bonds is 29. The van der Waals surface area contributed by atoms with Gasteiger partial charge in [-0.2, -0.15) is 0 Å². The number of carbonyl (C=O) groups excluding carboxylic acids is 6. The van der Waals surface area contributed by atoms with Crippen LogP contribution in [0.15, 0.2) is 243 Å². The standard InChI is InChI=1S/C54H58N4O8S.C26H26O3S/c1-36(59)33-55-50(63)53(31-18-32-53)58-49(62)46(35-67-54(37-19-8-5-9-20-37,38-21-10-6-11-22-38)39-23-12-7-13-24-39)56-48(61)45(29-30-47(60)66-52(2,3)4)57-51(64)65-34-44-42-27-16-14-25-40(42)41-26-15-17-28-43(41)44;27-24(20-25(28)29)18-10-11-19-30-26(21-12-4-1-5-13-21,22-14-6-2-7-15-22)23-16-8-3-9-17-23/h5-17,19-28,44-46H,18,29-35H2,1-4H3,(H,55,63)(H,56,61)(H,57,64)(H,58,62);1-10,12-18,24,27H,11,19-20H2,(H,28,29)/b;18-10+/t45-,46-;24-/m11/s1. The fourth-order valence-electron chi connectivity index (χ4n) is 12.3. The lowest BCUT2D eigenvalue weighted by molar-refractivity contribution is -0.155. The van der Waals surface area contributed by atoms with Crippen LogP contribution in [-0.4, -0.2) is 106 Å². The minimum absolute atomic E-state index is 0.00880. The number of fused-ring (bicyclic) bond motifs is 3. The lowest BCUT2D eigenvalue weighted by Gasteiger charge is -2.42. The summed E-state index contributed by atoms with van der Waals surface area (Å²) in [5.74, 6) is -3.12. The molecule has 0 aliphatic heterocycles. The number of hydrogen-bond acceptors (Lipinski definition) is 12. The van der Waals surface area contributed by atoms with E-state index in [-0.39, 0.29) is 54.6 Å². The number of hydrogen-bond donors (Lipinski definition) is 6. The molecule has 1 fully saturated rings. The first kappa shape index (κ1) is 71.7. The van der Waals surface area contributed by atoms with E-state index in [4.69, 9.17) is 14.6 Å². The number of esters is 1. The zero-order valence-electron chi connectivity index (χ0n) is 55.1. The number of benzene rings is 8. The summed E-state index contributed by atoms with van der Waals surface area (Å²) >= 11 is 3.28. The van der Waals surface area contributed by atoms with Crippen LogP contribution in [0.4, 0.5) is 4.79 Å². The van der Waals surface area contributed by atoms with Gasteiger partial charge in [-0.1, -0.05) is 243 Å². The van der Waals surface area contributed by atoms with Gasteiger partial charge in [0.15, 0.2) is 0 Å². The van der Waals surface area contributed by atoms with Crippen LogP contribution in [0.3, 0.4) is 0 Å². The molecule has 2 aliphatic rings. The maximum atomic E-state index is 14.8. The second kappa shape index (κ2) is 33.9. The van der Waals surface area contributed by atoms with Crippen molar-refractivity contribution in [3.63, 3.8) is 0 Å². The number of amides is 4. The molecule has 0 radical (unpaired) electrons. The molecule has 8 aromatic rings. The second-order valence-electron chi connectivity index (χ2n) is 25.1. The molecule has 0 bridgehead atoms. The number of Topliss-reactive ketones (excluding diaryl/α,β-unsaturated/α-hetero) is 1. The summed E-state index contributed by atoms with van der Waals surface area (Å²) in [6, 6.07) is 74.4. The van der Waals surface area contributed by atoms with Crippen molar-refractivity contribution in [2.45, 2.75) is 117 Å². The number of ether oxygens (including phenoxy) is 2. The monoisotopic (exact) mass is 1340 g/mol. The molecule has 0 spiro atoms. The smallest absolute Gasteiger partial charge is 0.407 e. The van der Waals surface area contributed by atoms with Crippen molar-refractivity contribution < 1.29 is 53.2 Å². The summed E-state index contributed by atoms with van der Waals surface area (Å²) in [6.45, 7) is 6.36. The van der Waals surface area contributed by atoms with Crippen molar-refractivity contribution in [1.82, 2.24) is 21.3 Å². The van der Waals surface area contributed by atoms with E-state index in [1.165, 1.54) is 35.4 Å². The molecule has 97 heavy (non-hydrogen) atoms. The van der Waals surface area contributed by atoms with Crippen LogP contribution >= 0.6 is 23.5 Å². The van der Waals surface area contributed by atoms with Crippen molar-refractivity contribution in [3.8, 4) is 11.1 Å². The summed E-state index contributed by atoms with van der Waals surface area (Å²) in [5, 5.41) is 29.8. The Hall–Kier alpha value is -9.55. The van der Waals surface area contributed by atoms with Gasteiger partial charge in [0.2, 0.25) is 17.7 Å². The predicted octanol–water partition coefficient (Wildman–Crippen LogP) is 13.5. The maximum absolute atomic E-state index is 14.8. The van der Waals surface area contributed by atoms with Gasteiger partial charge < -0.3 is 41.0 Å². The minimum atomic E-state index is -1.35. The van der Waals surface area contributed by atoms with Gasteiger partial charge in [0, 0.05) is 18.1 Å². The van der Waals surface area contributed by atoms with Crippen molar-refractivity contribution in [1.29, 1.82) is 0 Å². The molecule has 3 atom stereocenters. The number of ketones is 1. The maximum Gasteiger partial charge on any atom is 0.407 e. The summed E-state index contributed by atoms with van der Waals surface area (Å²) in [6.07, 6.45) is 2.99. The molecule has 4 amide bonds. The Labute approximate surface area is 576 Å². The Bertz CT molecular complexity index is 3730. The van der Waals surface area contributed by atoms with E-state index in [1.807, 2.05) is 176 Å².